The Morgan fingerprint density at radius 1 is 1.24 bits per heavy atom. The average molecular weight is 354 g/mol. The van der Waals surface area contributed by atoms with Crippen molar-refractivity contribution in [2.24, 2.45) is 10.9 Å². The van der Waals surface area contributed by atoms with Gasteiger partial charge < -0.3 is 25.2 Å². The average Bonchev–Trinajstić information content (AvgIpc) is 3.10. The lowest BCUT2D eigenvalue weighted by Gasteiger charge is -2.23. The van der Waals surface area contributed by atoms with Crippen molar-refractivity contribution in [2.45, 2.75) is 52.2 Å². The monoisotopic (exact) mass is 353 g/mol. The van der Waals surface area contributed by atoms with E-state index in [9.17, 15) is 4.79 Å². The van der Waals surface area contributed by atoms with Crippen LogP contribution in [0.4, 0.5) is 4.79 Å². The predicted molar refractivity (Wildman–Crippen MR) is 101 cm³/mol. The summed E-state index contributed by atoms with van der Waals surface area (Å²) in [4.78, 5) is 21.4. The molecule has 0 radical (unpaired) electrons. The zero-order valence-electron chi connectivity index (χ0n) is 16.5. The third-order valence-corrected chi connectivity index (χ3v) is 4.53. The van der Waals surface area contributed by atoms with Crippen LogP contribution in [-0.2, 0) is 4.74 Å². The van der Waals surface area contributed by atoms with Crippen LogP contribution in [0.3, 0.4) is 0 Å². The van der Waals surface area contributed by atoms with Gasteiger partial charge in [-0.1, -0.05) is 0 Å². The maximum absolute atomic E-state index is 11.9. The van der Waals surface area contributed by atoms with E-state index >= 15 is 0 Å². The highest BCUT2D eigenvalue weighted by molar-refractivity contribution is 5.80. The zero-order valence-corrected chi connectivity index (χ0v) is 16.5. The molecular weight excluding hydrogens is 318 g/mol. The van der Waals surface area contributed by atoms with Crippen LogP contribution in [0.5, 0.6) is 0 Å². The van der Waals surface area contributed by atoms with E-state index in [4.69, 9.17) is 9.73 Å². The van der Waals surface area contributed by atoms with Crippen molar-refractivity contribution < 1.29 is 9.53 Å². The standard InChI is InChI=1S/C18H35N5O2/c1-6-19-16(20-11-14-7-9-22(5)12-14)23-10-8-15(13-23)21-17(24)25-18(2,3)4/h14-15H,6-13H2,1-5H3,(H,19,20)(H,21,24). The minimum absolute atomic E-state index is 0.108. The van der Waals surface area contributed by atoms with Crippen LogP contribution >= 0.6 is 0 Å². The van der Waals surface area contributed by atoms with Crippen molar-refractivity contribution in [1.29, 1.82) is 0 Å². The molecule has 2 aliphatic heterocycles. The van der Waals surface area contributed by atoms with E-state index in [1.54, 1.807) is 0 Å². The van der Waals surface area contributed by atoms with Gasteiger partial charge in [0.05, 0.1) is 6.04 Å². The van der Waals surface area contributed by atoms with Crippen molar-refractivity contribution in [3.8, 4) is 0 Å². The first kappa shape index (κ1) is 19.8. The van der Waals surface area contributed by atoms with Gasteiger partial charge in [-0.2, -0.15) is 0 Å². The summed E-state index contributed by atoms with van der Waals surface area (Å²) in [6, 6.07) is 0.108. The smallest absolute Gasteiger partial charge is 0.407 e. The van der Waals surface area contributed by atoms with Gasteiger partial charge in [-0.05, 0) is 60.0 Å². The molecule has 2 unspecified atom stereocenters. The fourth-order valence-electron chi connectivity index (χ4n) is 3.36. The van der Waals surface area contributed by atoms with Gasteiger partial charge in [0.2, 0.25) is 0 Å². The molecule has 0 saturated carbocycles. The summed E-state index contributed by atoms with van der Waals surface area (Å²) in [6.07, 6.45) is 1.80. The number of hydrogen-bond donors (Lipinski definition) is 2. The molecule has 2 fully saturated rings. The van der Waals surface area contributed by atoms with Crippen LogP contribution < -0.4 is 10.6 Å². The van der Waals surface area contributed by atoms with Crippen molar-refractivity contribution in [3.63, 3.8) is 0 Å². The molecule has 0 aliphatic carbocycles. The molecule has 0 aromatic heterocycles. The lowest BCUT2D eigenvalue weighted by molar-refractivity contribution is 0.0507. The van der Waals surface area contributed by atoms with Crippen LogP contribution in [0.1, 0.15) is 40.5 Å². The van der Waals surface area contributed by atoms with E-state index in [0.717, 1.165) is 45.1 Å². The number of likely N-dealkylation sites (tertiary alicyclic amines) is 2. The lowest BCUT2D eigenvalue weighted by Crippen LogP contribution is -2.44. The van der Waals surface area contributed by atoms with Crippen molar-refractivity contribution in [2.75, 3.05) is 46.3 Å². The summed E-state index contributed by atoms with van der Waals surface area (Å²) >= 11 is 0. The van der Waals surface area contributed by atoms with Gasteiger partial charge in [0.1, 0.15) is 5.60 Å². The summed E-state index contributed by atoms with van der Waals surface area (Å²) < 4.78 is 5.35. The fraction of sp³-hybridized carbons (Fsp3) is 0.889. The largest absolute Gasteiger partial charge is 0.444 e. The maximum atomic E-state index is 11.9. The highest BCUT2D eigenvalue weighted by Crippen LogP contribution is 2.16. The van der Waals surface area contributed by atoms with E-state index in [1.807, 2.05) is 20.8 Å². The maximum Gasteiger partial charge on any atom is 0.407 e. The molecule has 25 heavy (non-hydrogen) atoms. The Bertz CT molecular complexity index is 475. The number of guanidine groups is 1. The van der Waals surface area contributed by atoms with E-state index in [-0.39, 0.29) is 12.1 Å². The summed E-state index contributed by atoms with van der Waals surface area (Å²) in [5.74, 6) is 1.61. The number of nitrogens with zero attached hydrogens (tertiary/aromatic N) is 3. The number of alkyl carbamates (subject to hydrolysis) is 1. The zero-order chi connectivity index (χ0) is 18.4. The number of rotatable bonds is 4. The second-order valence-corrected chi connectivity index (χ2v) is 8.19. The molecule has 0 spiro atoms. The number of ether oxygens (including phenoxy) is 1. The van der Waals surface area contributed by atoms with E-state index < -0.39 is 5.60 Å². The Morgan fingerprint density at radius 3 is 2.60 bits per heavy atom. The summed E-state index contributed by atoms with van der Waals surface area (Å²) in [7, 11) is 2.17. The molecule has 2 N–H and O–H groups in total. The second-order valence-electron chi connectivity index (χ2n) is 8.19. The van der Waals surface area contributed by atoms with Crippen LogP contribution in [0.25, 0.3) is 0 Å². The Hall–Kier alpha value is -1.50. The van der Waals surface area contributed by atoms with Crippen LogP contribution in [-0.4, -0.2) is 79.8 Å². The molecular formula is C18H35N5O2. The Kier molecular flexibility index (Phi) is 6.93. The molecule has 2 saturated heterocycles. The van der Waals surface area contributed by atoms with Gasteiger partial charge >= 0.3 is 6.09 Å². The molecule has 2 rings (SSSR count). The van der Waals surface area contributed by atoms with Gasteiger partial charge in [-0.25, -0.2) is 4.79 Å². The van der Waals surface area contributed by atoms with Crippen LogP contribution in [0.15, 0.2) is 4.99 Å². The first-order valence-corrected chi connectivity index (χ1v) is 9.48. The van der Waals surface area contributed by atoms with Crippen molar-refractivity contribution in [1.82, 2.24) is 20.4 Å². The number of amides is 1. The summed E-state index contributed by atoms with van der Waals surface area (Å²) in [5, 5.41) is 6.36. The quantitative estimate of drug-likeness (QED) is 0.592. The third-order valence-electron chi connectivity index (χ3n) is 4.53. The lowest BCUT2D eigenvalue weighted by atomic mass is 10.1. The Labute approximate surface area is 152 Å². The molecule has 144 valence electrons. The number of hydrogen-bond acceptors (Lipinski definition) is 4. The summed E-state index contributed by atoms with van der Waals surface area (Å²) in [5.41, 5.74) is -0.465. The molecule has 2 atom stereocenters. The Balaban J connectivity index is 1.84. The third kappa shape index (κ3) is 6.72. The van der Waals surface area contributed by atoms with E-state index in [2.05, 4.69) is 34.4 Å². The fourth-order valence-corrected chi connectivity index (χ4v) is 3.36. The van der Waals surface area contributed by atoms with E-state index in [0.29, 0.717) is 5.92 Å². The van der Waals surface area contributed by atoms with Gasteiger partial charge in [0, 0.05) is 32.7 Å². The minimum Gasteiger partial charge on any atom is -0.444 e. The second kappa shape index (κ2) is 8.74. The molecule has 7 nitrogen and oxygen atoms in total. The first-order valence-electron chi connectivity index (χ1n) is 9.48. The van der Waals surface area contributed by atoms with Crippen LogP contribution in [0.2, 0.25) is 0 Å². The molecule has 2 heterocycles. The summed E-state index contributed by atoms with van der Waals surface area (Å²) in [6.45, 7) is 13.4. The highest BCUT2D eigenvalue weighted by Gasteiger charge is 2.28. The normalized spacial score (nSPS) is 25.3. The van der Waals surface area contributed by atoms with Crippen molar-refractivity contribution >= 4 is 12.1 Å². The topological polar surface area (TPSA) is 69.2 Å². The predicted octanol–water partition coefficient (Wildman–Crippen LogP) is 1.50. The highest BCUT2D eigenvalue weighted by atomic mass is 16.6. The molecule has 7 heteroatoms. The van der Waals surface area contributed by atoms with Crippen molar-refractivity contribution in [3.05, 3.63) is 0 Å². The molecule has 0 aromatic rings. The van der Waals surface area contributed by atoms with Gasteiger partial charge in [-0.15, -0.1) is 0 Å². The molecule has 0 aromatic carbocycles. The van der Waals surface area contributed by atoms with Gasteiger partial charge in [-0.3, -0.25) is 4.99 Å². The van der Waals surface area contributed by atoms with Gasteiger partial charge in [0.15, 0.2) is 5.96 Å². The molecule has 2 aliphatic rings. The SMILES string of the molecule is CCNC(=NCC1CCN(C)C1)N1CCC(NC(=O)OC(C)(C)C)C1. The molecule has 1 amide bonds. The van der Waals surface area contributed by atoms with Gasteiger partial charge in [0.25, 0.3) is 0 Å². The number of nitrogens with one attached hydrogen (secondary N) is 2. The number of aliphatic imine (C=N–C) groups is 1. The number of carbonyl (C=O) groups excluding carboxylic acids is 1. The molecule has 0 bridgehead atoms. The minimum atomic E-state index is -0.465. The number of carbonyl (C=O) groups is 1. The van der Waals surface area contributed by atoms with E-state index in [1.165, 1.54) is 13.0 Å². The Morgan fingerprint density at radius 2 is 2.00 bits per heavy atom. The van der Waals surface area contributed by atoms with Crippen LogP contribution in [0, 0.1) is 5.92 Å². The first-order chi connectivity index (χ1) is 11.8.